The van der Waals surface area contributed by atoms with Crippen LogP contribution >= 0.6 is 23.2 Å². The van der Waals surface area contributed by atoms with Crippen molar-refractivity contribution in [3.05, 3.63) is 74.0 Å². The van der Waals surface area contributed by atoms with Crippen molar-refractivity contribution in [2.45, 2.75) is 31.0 Å². The second-order valence-corrected chi connectivity index (χ2v) is 10.4. The number of aliphatic hydroxyl groups excluding tert-OH is 1. The molecule has 5 N–H and O–H groups in total. The highest BCUT2D eigenvalue weighted by Crippen LogP contribution is 2.29. The first-order valence-corrected chi connectivity index (χ1v) is 13.2. The Balaban J connectivity index is 1.16. The van der Waals surface area contributed by atoms with Crippen molar-refractivity contribution in [1.82, 2.24) is 15.2 Å². The SMILES string of the molecule is O=c1ccc2c([C@@H](O)CNCC3(O)CCN(CCOCCc4cccc(Cl)c4Cl)CC3)ccc(O)c2[nH]1. The highest BCUT2D eigenvalue weighted by Gasteiger charge is 2.32. The van der Waals surface area contributed by atoms with Gasteiger partial charge in [-0.05, 0) is 48.6 Å². The topological polar surface area (TPSA) is 118 Å². The highest BCUT2D eigenvalue weighted by atomic mass is 35.5. The van der Waals surface area contributed by atoms with Crippen LogP contribution in [0.3, 0.4) is 0 Å². The van der Waals surface area contributed by atoms with E-state index < -0.39 is 11.7 Å². The summed E-state index contributed by atoms with van der Waals surface area (Å²) in [5.74, 6) is -0.0476. The number of pyridine rings is 1. The van der Waals surface area contributed by atoms with Crippen LogP contribution in [0.5, 0.6) is 5.75 Å². The number of likely N-dealkylation sites (tertiary alicyclic amines) is 1. The zero-order valence-electron chi connectivity index (χ0n) is 20.6. The Labute approximate surface area is 225 Å². The van der Waals surface area contributed by atoms with Crippen molar-refractivity contribution in [3.8, 4) is 5.75 Å². The summed E-state index contributed by atoms with van der Waals surface area (Å²) in [6, 6.07) is 11.6. The molecule has 0 amide bonds. The van der Waals surface area contributed by atoms with Crippen LogP contribution in [0.15, 0.2) is 47.3 Å². The number of hydrogen-bond donors (Lipinski definition) is 5. The van der Waals surface area contributed by atoms with Gasteiger partial charge in [-0.3, -0.25) is 4.79 Å². The molecule has 0 unspecified atom stereocenters. The number of H-pyrrole nitrogens is 1. The number of ether oxygens (including phenoxy) is 1. The number of phenolic OH excluding ortho intramolecular Hbond substituents is 1. The minimum atomic E-state index is -0.864. The number of aliphatic hydroxyl groups is 2. The second-order valence-electron chi connectivity index (χ2n) is 9.57. The van der Waals surface area contributed by atoms with Crippen LogP contribution in [-0.4, -0.2) is 76.7 Å². The molecule has 0 saturated carbocycles. The van der Waals surface area contributed by atoms with Gasteiger partial charge in [-0.1, -0.05) is 41.4 Å². The number of rotatable bonds is 11. The molecule has 8 nitrogen and oxygen atoms in total. The molecule has 3 aromatic rings. The van der Waals surface area contributed by atoms with E-state index >= 15 is 0 Å². The van der Waals surface area contributed by atoms with Gasteiger partial charge in [-0.15, -0.1) is 0 Å². The van der Waals surface area contributed by atoms with Gasteiger partial charge >= 0.3 is 0 Å². The number of nitrogens with zero attached hydrogens (tertiary/aromatic N) is 1. The predicted molar refractivity (Wildman–Crippen MR) is 146 cm³/mol. The number of halogens is 2. The van der Waals surface area contributed by atoms with Gasteiger partial charge in [0.15, 0.2) is 0 Å². The number of aromatic hydroxyl groups is 1. The largest absolute Gasteiger partial charge is 0.506 e. The molecule has 10 heteroatoms. The smallest absolute Gasteiger partial charge is 0.248 e. The number of hydrogen-bond acceptors (Lipinski definition) is 7. The van der Waals surface area contributed by atoms with E-state index in [0.29, 0.717) is 65.5 Å². The lowest BCUT2D eigenvalue weighted by Gasteiger charge is -2.38. The van der Waals surface area contributed by atoms with Crippen molar-refractivity contribution in [3.63, 3.8) is 0 Å². The Morgan fingerprint density at radius 1 is 1.11 bits per heavy atom. The normalized spacial score (nSPS) is 16.8. The molecule has 2 heterocycles. The lowest BCUT2D eigenvalue weighted by Crippen LogP contribution is -2.50. The molecular formula is C27H33Cl2N3O5. The van der Waals surface area contributed by atoms with Crippen LogP contribution < -0.4 is 10.9 Å². The fraction of sp³-hybridized carbons (Fsp3) is 0.444. The van der Waals surface area contributed by atoms with Gasteiger partial charge in [-0.25, -0.2) is 0 Å². The molecule has 1 aliphatic rings. The van der Waals surface area contributed by atoms with Gasteiger partial charge in [-0.2, -0.15) is 0 Å². The zero-order valence-corrected chi connectivity index (χ0v) is 22.1. The van der Waals surface area contributed by atoms with Crippen LogP contribution in [0.1, 0.15) is 30.1 Å². The van der Waals surface area contributed by atoms with Gasteiger partial charge < -0.3 is 35.3 Å². The molecule has 4 rings (SSSR count). The van der Waals surface area contributed by atoms with Gasteiger partial charge in [0.1, 0.15) is 5.75 Å². The number of aromatic nitrogens is 1. The fourth-order valence-electron chi connectivity index (χ4n) is 4.69. The van der Waals surface area contributed by atoms with Crippen molar-refractivity contribution >= 4 is 34.1 Å². The molecule has 1 saturated heterocycles. The summed E-state index contributed by atoms with van der Waals surface area (Å²) in [5, 5.41) is 36.6. The predicted octanol–water partition coefficient (Wildman–Crippen LogP) is 3.25. The quantitative estimate of drug-likeness (QED) is 0.233. The van der Waals surface area contributed by atoms with E-state index in [9.17, 15) is 20.1 Å². The van der Waals surface area contributed by atoms with Gasteiger partial charge in [0.05, 0.1) is 40.5 Å². The Bertz CT molecular complexity index is 1260. The monoisotopic (exact) mass is 549 g/mol. The molecule has 0 aliphatic carbocycles. The molecule has 2 aromatic carbocycles. The van der Waals surface area contributed by atoms with E-state index in [1.807, 2.05) is 12.1 Å². The first-order chi connectivity index (χ1) is 17.8. The van der Waals surface area contributed by atoms with Gasteiger partial charge in [0.2, 0.25) is 5.56 Å². The van der Waals surface area contributed by atoms with E-state index in [4.69, 9.17) is 27.9 Å². The summed E-state index contributed by atoms with van der Waals surface area (Å²) in [5.41, 5.74) is 0.699. The summed E-state index contributed by atoms with van der Waals surface area (Å²) >= 11 is 12.3. The molecule has 0 spiro atoms. The maximum absolute atomic E-state index is 11.6. The van der Waals surface area contributed by atoms with Crippen molar-refractivity contribution < 1.29 is 20.1 Å². The first kappa shape index (κ1) is 27.9. The molecule has 1 aliphatic heterocycles. The number of nitrogens with one attached hydrogen (secondary N) is 2. The third-order valence-electron chi connectivity index (χ3n) is 6.94. The maximum atomic E-state index is 11.6. The zero-order chi connectivity index (χ0) is 26.4. The Kier molecular flexibility index (Phi) is 9.47. The van der Waals surface area contributed by atoms with E-state index in [0.717, 1.165) is 25.2 Å². The highest BCUT2D eigenvalue weighted by molar-refractivity contribution is 6.42. The molecule has 1 aromatic heterocycles. The minimum absolute atomic E-state index is 0.0476. The standard InChI is InChI=1S/C27H33Cl2N3O5/c28-21-3-1-2-18(25(21)29)8-14-37-15-13-32-11-9-27(36,10-12-32)17-30-16-23(34)19-4-6-22(33)26-20(19)5-7-24(35)31-26/h1-7,23,30,33-34,36H,8-17H2,(H,31,35)/t23-/m0/s1. The van der Waals surface area contributed by atoms with Gasteiger partial charge in [0, 0.05) is 44.2 Å². The van der Waals surface area contributed by atoms with Crippen molar-refractivity contribution in [2.24, 2.45) is 0 Å². The third-order valence-corrected chi connectivity index (χ3v) is 7.80. The van der Waals surface area contributed by atoms with Gasteiger partial charge in [0.25, 0.3) is 0 Å². The number of benzene rings is 2. The molecule has 0 radical (unpaired) electrons. The summed E-state index contributed by atoms with van der Waals surface area (Å²) in [7, 11) is 0. The number of piperidine rings is 1. The average molecular weight is 550 g/mol. The third kappa shape index (κ3) is 7.23. The van der Waals surface area contributed by atoms with E-state index in [1.54, 1.807) is 18.2 Å². The molecule has 1 fully saturated rings. The second kappa shape index (κ2) is 12.6. The summed E-state index contributed by atoms with van der Waals surface area (Å²) < 4.78 is 5.78. The summed E-state index contributed by atoms with van der Waals surface area (Å²) in [6.45, 7) is 4.09. The number of fused-ring (bicyclic) bond motifs is 1. The van der Waals surface area contributed by atoms with Crippen molar-refractivity contribution in [1.29, 1.82) is 0 Å². The van der Waals surface area contributed by atoms with Crippen LogP contribution in [0, 0.1) is 0 Å². The first-order valence-electron chi connectivity index (χ1n) is 12.4. The Morgan fingerprint density at radius 3 is 2.68 bits per heavy atom. The molecule has 0 bridgehead atoms. The van der Waals surface area contributed by atoms with E-state index in [1.165, 1.54) is 12.1 Å². The van der Waals surface area contributed by atoms with Crippen LogP contribution in [0.2, 0.25) is 10.0 Å². The molecular weight excluding hydrogens is 517 g/mol. The minimum Gasteiger partial charge on any atom is -0.506 e. The summed E-state index contributed by atoms with van der Waals surface area (Å²) in [6.07, 6.45) is 1.08. The maximum Gasteiger partial charge on any atom is 0.248 e. The van der Waals surface area contributed by atoms with Crippen molar-refractivity contribution in [2.75, 3.05) is 45.9 Å². The average Bonchev–Trinajstić information content (AvgIpc) is 2.88. The fourth-order valence-corrected chi connectivity index (χ4v) is 5.10. The Hall–Kier alpha value is -2.17. The van der Waals surface area contributed by atoms with E-state index in [2.05, 4.69) is 15.2 Å². The molecule has 37 heavy (non-hydrogen) atoms. The van der Waals surface area contributed by atoms with Crippen LogP contribution in [-0.2, 0) is 11.2 Å². The lowest BCUT2D eigenvalue weighted by molar-refractivity contribution is -0.0266. The van der Waals surface area contributed by atoms with E-state index in [-0.39, 0.29) is 17.9 Å². The molecule has 1 atom stereocenters. The summed E-state index contributed by atoms with van der Waals surface area (Å²) in [4.78, 5) is 16.5. The Morgan fingerprint density at radius 2 is 1.89 bits per heavy atom. The van der Waals surface area contributed by atoms with Crippen LogP contribution in [0.4, 0.5) is 0 Å². The lowest BCUT2D eigenvalue weighted by atomic mass is 9.91. The number of aromatic amines is 1. The number of phenols is 1. The van der Waals surface area contributed by atoms with Crippen LogP contribution in [0.25, 0.3) is 10.9 Å². The molecule has 200 valence electrons.